The molecule has 0 N–H and O–H groups in total. The van der Waals surface area contributed by atoms with Crippen LogP contribution in [0.1, 0.15) is 43.0 Å². The number of esters is 1. The maximum absolute atomic E-state index is 12.4. The molecular weight excluding hydrogens is 496 g/mol. The normalized spacial score (nSPS) is 13.8. The third kappa shape index (κ3) is 5.21. The summed E-state index contributed by atoms with van der Waals surface area (Å²) in [4.78, 5) is 14.6. The number of halogens is 1. The summed E-state index contributed by atoms with van der Waals surface area (Å²) in [5.74, 6) is 0.666. The standard InChI is InChI=1S/C32H33ClN2O3/c1-4-37-31(36)32(19-20-32)27-17-15-24(16-18-27)23-11-13-26(14-12-23)30-29(22(2)34-38-30)35(3)21-7-9-25-8-5-6-10-28(25)33/h5-6,8,10-18H,4,7,9,19-21H2,1-3H3. The van der Waals surface area contributed by atoms with E-state index in [1.807, 2.05) is 32.0 Å². The molecule has 1 fully saturated rings. The number of aromatic nitrogens is 1. The van der Waals surface area contributed by atoms with Gasteiger partial charge in [0.1, 0.15) is 11.4 Å². The number of nitrogens with zero attached hydrogens (tertiary/aromatic N) is 2. The molecule has 1 aliphatic carbocycles. The molecule has 3 aromatic carbocycles. The lowest BCUT2D eigenvalue weighted by atomic mass is 9.93. The van der Waals surface area contributed by atoms with Crippen molar-refractivity contribution in [2.24, 2.45) is 0 Å². The van der Waals surface area contributed by atoms with Crippen LogP contribution in [0.5, 0.6) is 0 Å². The summed E-state index contributed by atoms with van der Waals surface area (Å²) in [6, 6.07) is 24.6. The van der Waals surface area contributed by atoms with E-state index in [1.165, 1.54) is 5.56 Å². The summed E-state index contributed by atoms with van der Waals surface area (Å²) >= 11 is 6.32. The first-order valence-electron chi connectivity index (χ1n) is 13.2. The topological polar surface area (TPSA) is 55.6 Å². The summed E-state index contributed by atoms with van der Waals surface area (Å²) in [7, 11) is 2.08. The predicted octanol–water partition coefficient (Wildman–Crippen LogP) is 7.63. The first-order valence-corrected chi connectivity index (χ1v) is 13.6. The van der Waals surface area contributed by atoms with Gasteiger partial charge < -0.3 is 14.2 Å². The quantitative estimate of drug-likeness (QED) is 0.198. The molecule has 4 aromatic rings. The molecule has 1 saturated carbocycles. The SMILES string of the molecule is CCOC(=O)C1(c2ccc(-c3ccc(-c4onc(C)c4N(C)CCCc4ccccc4Cl)cc3)cc2)CC1. The van der Waals surface area contributed by atoms with E-state index < -0.39 is 5.41 Å². The van der Waals surface area contributed by atoms with Gasteiger partial charge in [0.15, 0.2) is 5.76 Å². The molecule has 0 unspecified atom stereocenters. The Labute approximate surface area is 229 Å². The molecule has 6 heteroatoms. The number of carbonyl (C=O) groups excluding carboxylic acids is 1. The average Bonchev–Trinajstić information content (AvgIpc) is 3.66. The van der Waals surface area contributed by atoms with Gasteiger partial charge in [-0.15, -0.1) is 0 Å². The lowest BCUT2D eigenvalue weighted by Gasteiger charge is -2.19. The maximum atomic E-state index is 12.4. The summed E-state index contributed by atoms with van der Waals surface area (Å²) in [6.45, 7) is 5.10. The second-order valence-corrected chi connectivity index (χ2v) is 10.4. The predicted molar refractivity (Wildman–Crippen MR) is 153 cm³/mol. The number of aryl methyl sites for hydroxylation is 2. The zero-order valence-electron chi connectivity index (χ0n) is 22.2. The van der Waals surface area contributed by atoms with Gasteiger partial charge in [-0.3, -0.25) is 4.79 Å². The van der Waals surface area contributed by atoms with Crippen molar-refractivity contribution in [3.05, 3.63) is 94.6 Å². The van der Waals surface area contributed by atoms with Crippen LogP contribution in [0, 0.1) is 6.92 Å². The van der Waals surface area contributed by atoms with Crippen LogP contribution < -0.4 is 4.90 Å². The van der Waals surface area contributed by atoms with Gasteiger partial charge in [0, 0.05) is 24.2 Å². The molecule has 0 radical (unpaired) electrons. The van der Waals surface area contributed by atoms with Gasteiger partial charge in [0.2, 0.25) is 0 Å². The van der Waals surface area contributed by atoms with Crippen molar-refractivity contribution in [2.75, 3.05) is 25.1 Å². The Kier molecular flexibility index (Phi) is 7.57. The highest BCUT2D eigenvalue weighted by molar-refractivity contribution is 6.31. The zero-order chi connectivity index (χ0) is 26.7. The van der Waals surface area contributed by atoms with Crippen LogP contribution >= 0.6 is 11.6 Å². The van der Waals surface area contributed by atoms with Crippen LogP contribution in [0.2, 0.25) is 5.02 Å². The molecule has 1 aromatic heterocycles. The van der Waals surface area contributed by atoms with Crippen molar-refractivity contribution in [2.45, 2.75) is 44.9 Å². The molecule has 0 spiro atoms. The van der Waals surface area contributed by atoms with E-state index in [4.69, 9.17) is 20.9 Å². The number of ether oxygens (including phenoxy) is 1. The van der Waals surface area contributed by atoms with Gasteiger partial charge in [-0.05, 0) is 67.9 Å². The van der Waals surface area contributed by atoms with Crippen molar-refractivity contribution >= 4 is 23.3 Å². The molecule has 0 saturated heterocycles. The number of hydrogen-bond donors (Lipinski definition) is 0. The van der Waals surface area contributed by atoms with Crippen molar-refractivity contribution in [3.8, 4) is 22.5 Å². The molecule has 5 rings (SSSR count). The molecule has 5 nitrogen and oxygen atoms in total. The summed E-state index contributed by atoms with van der Waals surface area (Å²) in [5.41, 5.74) is 6.83. The number of anilines is 1. The summed E-state index contributed by atoms with van der Waals surface area (Å²) in [5, 5.41) is 5.08. The van der Waals surface area contributed by atoms with Gasteiger partial charge in [-0.1, -0.05) is 83.5 Å². The molecule has 0 bridgehead atoms. The molecule has 196 valence electrons. The Balaban J connectivity index is 1.28. The van der Waals surface area contributed by atoms with Crippen molar-refractivity contribution in [1.82, 2.24) is 5.16 Å². The third-order valence-electron chi connectivity index (χ3n) is 7.44. The van der Waals surface area contributed by atoms with E-state index in [0.717, 1.165) is 76.6 Å². The molecule has 0 aliphatic heterocycles. The fourth-order valence-electron chi connectivity index (χ4n) is 5.12. The van der Waals surface area contributed by atoms with Crippen molar-refractivity contribution in [1.29, 1.82) is 0 Å². The van der Waals surface area contributed by atoms with E-state index >= 15 is 0 Å². The molecule has 1 heterocycles. The maximum Gasteiger partial charge on any atom is 0.316 e. The van der Waals surface area contributed by atoms with Crippen LogP contribution in [0.15, 0.2) is 77.3 Å². The van der Waals surface area contributed by atoms with Gasteiger partial charge in [0.25, 0.3) is 0 Å². The fourth-order valence-corrected chi connectivity index (χ4v) is 5.35. The summed E-state index contributed by atoms with van der Waals surface area (Å²) < 4.78 is 11.1. The Morgan fingerprint density at radius 3 is 2.26 bits per heavy atom. The number of rotatable bonds is 10. The summed E-state index contributed by atoms with van der Waals surface area (Å²) in [6.07, 6.45) is 3.59. The first-order chi connectivity index (χ1) is 18.4. The smallest absolute Gasteiger partial charge is 0.316 e. The number of hydrogen-bond acceptors (Lipinski definition) is 5. The Bertz CT molecular complexity index is 1410. The zero-order valence-corrected chi connectivity index (χ0v) is 22.9. The monoisotopic (exact) mass is 528 g/mol. The van der Waals surface area contributed by atoms with Crippen molar-refractivity contribution in [3.63, 3.8) is 0 Å². The van der Waals surface area contributed by atoms with E-state index in [2.05, 4.69) is 71.7 Å². The van der Waals surface area contributed by atoms with Crippen LogP contribution in [0.4, 0.5) is 5.69 Å². The second kappa shape index (κ2) is 11.0. The highest BCUT2D eigenvalue weighted by Gasteiger charge is 2.52. The third-order valence-corrected chi connectivity index (χ3v) is 7.81. The van der Waals surface area contributed by atoms with E-state index in [-0.39, 0.29) is 5.97 Å². The molecular formula is C32H33ClN2O3. The minimum atomic E-state index is -0.446. The van der Waals surface area contributed by atoms with Gasteiger partial charge in [-0.2, -0.15) is 0 Å². The average molecular weight is 529 g/mol. The van der Waals surface area contributed by atoms with Crippen LogP contribution in [0.25, 0.3) is 22.5 Å². The Morgan fingerprint density at radius 1 is 1.00 bits per heavy atom. The van der Waals surface area contributed by atoms with Crippen LogP contribution in [-0.2, 0) is 21.4 Å². The van der Waals surface area contributed by atoms with Gasteiger partial charge in [-0.25, -0.2) is 0 Å². The second-order valence-electron chi connectivity index (χ2n) is 10.0. The number of benzene rings is 3. The lowest BCUT2D eigenvalue weighted by molar-refractivity contribution is -0.146. The van der Waals surface area contributed by atoms with Crippen LogP contribution in [0.3, 0.4) is 0 Å². The van der Waals surface area contributed by atoms with Gasteiger partial charge in [0.05, 0.1) is 12.0 Å². The Hall–Kier alpha value is -3.57. The Morgan fingerprint density at radius 2 is 1.63 bits per heavy atom. The fraction of sp³-hybridized carbons (Fsp3) is 0.312. The largest absolute Gasteiger partial charge is 0.465 e. The highest BCUT2D eigenvalue weighted by Crippen LogP contribution is 2.49. The van der Waals surface area contributed by atoms with Crippen molar-refractivity contribution < 1.29 is 14.1 Å². The van der Waals surface area contributed by atoms with E-state index in [1.54, 1.807) is 0 Å². The lowest BCUT2D eigenvalue weighted by Crippen LogP contribution is -2.23. The van der Waals surface area contributed by atoms with E-state index in [0.29, 0.717) is 6.61 Å². The van der Waals surface area contributed by atoms with E-state index in [9.17, 15) is 4.79 Å². The van der Waals surface area contributed by atoms with Gasteiger partial charge >= 0.3 is 5.97 Å². The molecule has 0 amide bonds. The highest BCUT2D eigenvalue weighted by atomic mass is 35.5. The molecule has 1 aliphatic rings. The molecule has 0 atom stereocenters. The first kappa shape index (κ1) is 26.1. The minimum Gasteiger partial charge on any atom is -0.465 e. The minimum absolute atomic E-state index is 0.107. The number of carbonyl (C=O) groups is 1. The van der Waals surface area contributed by atoms with Crippen LogP contribution in [-0.4, -0.2) is 31.3 Å². The molecule has 38 heavy (non-hydrogen) atoms.